The maximum absolute atomic E-state index is 12.1. The molecular formula is C13H18N4O3S. The lowest BCUT2D eigenvalue weighted by Crippen LogP contribution is -2.27. The summed E-state index contributed by atoms with van der Waals surface area (Å²) in [6.07, 6.45) is 4.61. The van der Waals surface area contributed by atoms with E-state index >= 15 is 0 Å². The van der Waals surface area contributed by atoms with Gasteiger partial charge in [0.15, 0.2) is 0 Å². The van der Waals surface area contributed by atoms with Gasteiger partial charge in [0.05, 0.1) is 17.6 Å². The van der Waals surface area contributed by atoms with E-state index in [0.29, 0.717) is 13.0 Å². The minimum Gasteiger partial charge on any atom is -0.396 e. The van der Waals surface area contributed by atoms with Crippen LogP contribution in [-0.2, 0) is 23.0 Å². The van der Waals surface area contributed by atoms with E-state index in [1.165, 1.54) is 0 Å². The van der Waals surface area contributed by atoms with Gasteiger partial charge in [-0.15, -0.1) is 5.10 Å². The number of hydrogen-bond donors (Lipinski definition) is 2. The Morgan fingerprint density at radius 2 is 2.00 bits per heavy atom. The summed E-state index contributed by atoms with van der Waals surface area (Å²) in [5.41, 5.74) is 1.01. The van der Waals surface area contributed by atoms with Gasteiger partial charge in [-0.2, -0.15) is 0 Å². The number of aromatic nitrogens is 3. The summed E-state index contributed by atoms with van der Waals surface area (Å²) in [4.78, 5) is 0.230. The largest absolute Gasteiger partial charge is 0.396 e. The van der Waals surface area contributed by atoms with Crippen molar-refractivity contribution >= 4 is 10.0 Å². The summed E-state index contributed by atoms with van der Waals surface area (Å²) in [5, 5.41) is 16.2. The Bertz CT molecular complexity index is 639. The first kappa shape index (κ1) is 15.6. The van der Waals surface area contributed by atoms with Crippen LogP contribution in [0.15, 0.2) is 41.6 Å². The molecule has 114 valence electrons. The van der Waals surface area contributed by atoms with Gasteiger partial charge < -0.3 is 5.11 Å². The molecule has 1 aromatic carbocycles. The monoisotopic (exact) mass is 310 g/mol. The van der Waals surface area contributed by atoms with Crippen LogP contribution < -0.4 is 4.72 Å². The number of nitrogens with one attached hydrogen (secondary N) is 1. The quantitative estimate of drug-likeness (QED) is 0.725. The van der Waals surface area contributed by atoms with Gasteiger partial charge in [-0.25, -0.2) is 13.1 Å². The molecule has 1 aromatic heterocycles. The summed E-state index contributed by atoms with van der Waals surface area (Å²) in [5.74, 6) is 0. The molecule has 0 fully saturated rings. The number of aliphatic hydroxyl groups excluding tert-OH is 1. The van der Waals surface area contributed by atoms with Crippen LogP contribution in [0.5, 0.6) is 0 Å². The first-order valence-corrected chi connectivity index (χ1v) is 8.14. The molecule has 0 aliphatic rings. The summed E-state index contributed by atoms with van der Waals surface area (Å²) in [6.45, 7) is 0.801. The highest BCUT2D eigenvalue weighted by Gasteiger charge is 2.13. The molecule has 0 aliphatic heterocycles. The molecule has 0 radical (unpaired) electrons. The molecule has 0 bridgehead atoms. The van der Waals surface area contributed by atoms with Gasteiger partial charge in [-0.3, -0.25) is 4.68 Å². The normalized spacial score (nSPS) is 11.7. The molecule has 2 rings (SSSR count). The number of benzene rings is 1. The van der Waals surface area contributed by atoms with Crippen LogP contribution in [0.4, 0.5) is 0 Å². The maximum Gasteiger partial charge on any atom is 0.240 e. The second-order valence-electron chi connectivity index (χ2n) is 4.54. The molecule has 0 saturated heterocycles. The summed E-state index contributed by atoms with van der Waals surface area (Å²) >= 11 is 0. The predicted octanol–water partition coefficient (Wildman–Crippen LogP) is 0.181. The Morgan fingerprint density at radius 3 is 2.62 bits per heavy atom. The average molecular weight is 310 g/mol. The number of nitrogens with zero attached hydrogens (tertiary/aromatic N) is 3. The summed E-state index contributed by atoms with van der Waals surface area (Å²) in [6, 6.07) is 6.68. The zero-order valence-electron chi connectivity index (χ0n) is 11.5. The standard InChI is InChI=1S/C13H18N4O3S/c18-11-1-2-12-3-5-13(6-4-12)21(19,20)15-8-10-17-9-7-14-16-17/h3-7,9,15,18H,1-2,8,10-11H2. The van der Waals surface area contributed by atoms with E-state index in [1.54, 1.807) is 41.3 Å². The second kappa shape index (κ2) is 7.30. The van der Waals surface area contributed by atoms with Crippen molar-refractivity contribution in [2.75, 3.05) is 13.2 Å². The SMILES string of the molecule is O=S(=O)(NCCn1ccnn1)c1ccc(CCCO)cc1. The van der Waals surface area contributed by atoms with Gasteiger partial charge in [0.2, 0.25) is 10.0 Å². The number of aryl methyl sites for hydroxylation is 1. The fourth-order valence-electron chi connectivity index (χ4n) is 1.85. The zero-order valence-corrected chi connectivity index (χ0v) is 12.3. The van der Waals surface area contributed by atoms with Gasteiger partial charge in [0, 0.05) is 19.3 Å². The van der Waals surface area contributed by atoms with Gasteiger partial charge in [-0.1, -0.05) is 17.3 Å². The van der Waals surface area contributed by atoms with Crippen LogP contribution in [0.3, 0.4) is 0 Å². The molecular weight excluding hydrogens is 292 g/mol. The molecule has 0 saturated carbocycles. The lowest BCUT2D eigenvalue weighted by Gasteiger charge is -2.07. The van der Waals surface area contributed by atoms with Crippen molar-refractivity contribution in [3.8, 4) is 0 Å². The third-order valence-corrected chi connectivity index (χ3v) is 4.44. The second-order valence-corrected chi connectivity index (χ2v) is 6.30. The number of sulfonamides is 1. The van der Waals surface area contributed by atoms with Gasteiger partial charge in [0.1, 0.15) is 0 Å². The molecule has 8 heteroatoms. The number of rotatable bonds is 8. The number of hydrogen-bond acceptors (Lipinski definition) is 5. The Hall–Kier alpha value is -1.77. The molecule has 0 aliphatic carbocycles. The van der Waals surface area contributed by atoms with Crippen LogP contribution in [0.2, 0.25) is 0 Å². The molecule has 0 amide bonds. The van der Waals surface area contributed by atoms with Crippen LogP contribution in [0, 0.1) is 0 Å². The highest BCUT2D eigenvalue weighted by Crippen LogP contribution is 2.11. The van der Waals surface area contributed by atoms with Gasteiger partial charge >= 0.3 is 0 Å². The molecule has 2 aromatic rings. The fourth-order valence-corrected chi connectivity index (χ4v) is 2.87. The smallest absolute Gasteiger partial charge is 0.240 e. The van der Waals surface area contributed by atoms with E-state index in [1.807, 2.05) is 0 Å². The minimum absolute atomic E-state index is 0.129. The van der Waals surface area contributed by atoms with Crippen molar-refractivity contribution in [3.05, 3.63) is 42.2 Å². The lowest BCUT2D eigenvalue weighted by molar-refractivity contribution is 0.288. The topological polar surface area (TPSA) is 97.1 Å². The molecule has 0 unspecified atom stereocenters. The van der Waals surface area contributed by atoms with E-state index in [2.05, 4.69) is 15.0 Å². The molecule has 1 heterocycles. The van der Waals surface area contributed by atoms with E-state index < -0.39 is 10.0 Å². The van der Waals surface area contributed by atoms with Crippen molar-refractivity contribution in [2.45, 2.75) is 24.3 Å². The van der Waals surface area contributed by atoms with Crippen molar-refractivity contribution in [1.82, 2.24) is 19.7 Å². The van der Waals surface area contributed by atoms with Crippen molar-refractivity contribution in [2.24, 2.45) is 0 Å². The van der Waals surface area contributed by atoms with Crippen molar-refractivity contribution in [3.63, 3.8) is 0 Å². The summed E-state index contributed by atoms with van der Waals surface area (Å²) < 4.78 is 28.3. The van der Waals surface area contributed by atoms with Gasteiger partial charge in [-0.05, 0) is 30.5 Å². The highest BCUT2D eigenvalue weighted by atomic mass is 32.2. The Balaban J connectivity index is 1.92. The van der Waals surface area contributed by atoms with E-state index in [0.717, 1.165) is 12.0 Å². The maximum atomic E-state index is 12.1. The molecule has 0 spiro atoms. The molecule has 21 heavy (non-hydrogen) atoms. The highest BCUT2D eigenvalue weighted by molar-refractivity contribution is 7.89. The van der Waals surface area contributed by atoms with Gasteiger partial charge in [0.25, 0.3) is 0 Å². The van der Waals surface area contributed by atoms with Crippen LogP contribution >= 0.6 is 0 Å². The summed E-state index contributed by atoms with van der Waals surface area (Å²) in [7, 11) is -3.51. The van der Waals surface area contributed by atoms with Crippen LogP contribution in [-0.4, -0.2) is 41.7 Å². The molecule has 0 atom stereocenters. The first-order chi connectivity index (χ1) is 10.1. The third kappa shape index (κ3) is 4.62. The predicted molar refractivity (Wildman–Crippen MR) is 77.1 cm³/mol. The van der Waals surface area contributed by atoms with E-state index in [4.69, 9.17) is 5.11 Å². The van der Waals surface area contributed by atoms with Crippen LogP contribution in [0.1, 0.15) is 12.0 Å². The van der Waals surface area contributed by atoms with E-state index in [9.17, 15) is 8.42 Å². The number of aliphatic hydroxyl groups is 1. The Labute approximate surface area is 123 Å². The Morgan fingerprint density at radius 1 is 1.24 bits per heavy atom. The Kier molecular flexibility index (Phi) is 5.43. The lowest BCUT2D eigenvalue weighted by atomic mass is 10.1. The fraction of sp³-hybridized carbons (Fsp3) is 0.385. The molecule has 2 N–H and O–H groups in total. The minimum atomic E-state index is -3.51. The first-order valence-electron chi connectivity index (χ1n) is 6.65. The molecule has 7 nitrogen and oxygen atoms in total. The van der Waals surface area contributed by atoms with Crippen molar-refractivity contribution in [1.29, 1.82) is 0 Å². The van der Waals surface area contributed by atoms with Crippen LogP contribution in [0.25, 0.3) is 0 Å². The zero-order chi connectivity index (χ0) is 15.1. The average Bonchev–Trinajstić information content (AvgIpc) is 2.98. The van der Waals surface area contributed by atoms with E-state index in [-0.39, 0.29) is 18.0 Å². The third-order valence-electron chi connectivity index (χ3n) is 2.96. The van der Waals surface area contributed by atoms with Crippen molar-refractivity contribution < 1.29 is 13.5 Å².